The molecule has 1 atom stereocenters. The summed E-state index contributed by atoms with van der Waals surface area (Å²) in [6.45, 7) is 1.44. The maximum Gasteiger partial charge on any atom is 0.419 e. The first-order valence-corrected chi connectivity index (χ1v) is 10.4. The first kappa shape index (κ1) is 24.4. The Morgan fingerprint density at radius 2 is 2.00 bits per heavy atom. The molecule has 0 aliphatic heterocycles. The fourth-order valence-corrected chi connectivity index (χ4v) is 3.74. The van der Waals surface area contributed by atoms with E-state index in [-0.39, 0.29) is 32.8 Å². The Bertz CT molecular complexity index is 1220. The Morgan fingerprint density at radius 3 is 2.61 bits per heavy atom. The average Bonchev–Trinajstić information content (AvgIpc) is 3.19. The zero-order chi connectivity index (χ0) is 24.5. The molecule has 2 heterocycles. The molecule has 0 bridgehead atoms. The summed E-state index contributed by atoms with van der Waals surface area (Å²) < 4.78 is 53.2. The van der Waals surface area contributed by atoms with Gasteiger partial charge in [-0.15, -0.1) is 11.3 Å². The summed E-state index contributed by atoms with van der Waals surface area (Å²) in [5, 5.41) is 12.9. The maximum absolute atomic E-state index is 14.3. The smallest absolute Gasteiger partial charge is 0.419 e. The molecule has 0 fully saturated rings. The first-order chi connectivity index (χ1) is 15.4. The number of carbonyl (C=O) groups excluding carboxylic acids is 1. The number of carbonyl (C=O) groups is 2. The van der Waals surface area contributed by atoms with Gasteiger partial charge in [0.2, 0.25) is 0 Å². The van der Waals surface area contributed by atoms with Crippen molar-refractivity contribution in [3.63, 3.8) is 0 Å². The number of aliphatic carboxylic acids is 1. The van der Waals surface area contributed by atoms with Gasteiger partial charge in [-0.3, -0.25) is 10.1 Å². The van der Waals surface area contributed by atoms with E-state index in [9.17, 15) is 27.2 Å². The molecule has 0 radical (unpaired) electrons. The van der Waals surface area contributed by atoms with Crippen LogP contribution >= 0.6 is 22.9 Å². The topological polar surface area (TPSA) is 95.4 Å². The number of alkyl halides is 3. The molecule has 33 heavy (non-hydrogen) atoms. The second kappa shape index (κ2) is 9.32. The second-order valence-corrected chi connectivity index (χ2v) is 8.08. The quantitative estimate of drug-likeness (QED) is 0.451. The first-order valence-electron chi connectivity index (χ1n) is 9.14. The van der Waals surface area contributed by atoms with Crippen LogP contribution in [0.15, 0.2) is 35.8 Å². The predicted octanol–water partition coefficient (Wildman–Crippen LogP) is 5.18. The number of rotatable bonds is 6. The van der Waals surface area contributed by atoms with Gasteiger partial charge in [0.05, 0.1) is 21.8 Å². The van der Waals surface area contributed by atoms with Crippen LogP contribution in [0.25, 0.3) is 11.3 Å². The molecule has 3 aromatic rings. The van der Waals surface area contributed by atoms with Crippen LogP contribution in [-0.4, -0.2) is 40.0 Å². The molecule has 13 heteroatoms. The third kappa shape index (κ3) is 5.22. The number of halogens is 5. The summed E-state index contributed by atoms with van der Waals surface area (Å²) >= 11 is 7.04. The Labute approximate surface area is 193 Å². The van der Waals surface area contributed by atoms with Crippen molar-refractivity contribution in [1.29, 1.82) is 0 Å². The summed E-state index contributed by atoms with van der Waals surface area (Å²) in [6.07, 6.45) is -3.68. The molecule has 1 unspecified atom stereocenters. The minimum absolute atomic E-state index is 0.0172. The van der Waals surface area contributed by atoms with E-state index in [1.54, 1.807) is 0 Å². The molecular weight excluding hydrogens is 488 g/mol. The van der Waals surface area contributed by atoms with E-state index in [0.29, 0.717) is 6.07 Å². The fraction of sp³-hybridized carbons (Fsp3) is 0.200. The van der Waals surface area contributed by atoms with Crippen molar-refractivity contribution < 1.29 is 32.3 Å². The van der Waals surface area contributed by atoms with Crippen LogP contribution in [0.4, 0.5) is 28.5 Å². The number of carboxylic acid groups (broad SMARTS) is 1. The number of anilines is 2. The number of likely N-dealkylation sites (N-methyl/N-ethyl adjacent to an activating group) is 1. The minimum atomic E-state index is -4.86. The van der Waals surface area contributed by atoms with E-state index in [4.69, 9.17) is 16.7 Å². The SMILES string of the molecule is CC(C(=O)O)N(C)c1ncc(C(=O)Nc2nc(-c3cccc(C(F)(F)F)c3F)cs2)cc1Cl. The molecular formula is C20H15ClF4N4O3S. The summed E-state index contributed by atoms with van der Waals surface area (Å²) in [5.74, 6) is -3.07. The number of thiazole rings is 1. The lowest BCUT2D eigenvalue weighted by Crippen LogP contribution is -2.36. The van der Waals surface area contributed by atoms with Crippen LogP contribution in [0.5, 0.6) is 0 Å². The van der Waals surface area contributed by atoms with Gasteiger partial charge >= 0.3 is 12.1 Å². The van der Waals surface area contributed by atoms with Gasteiger partial charge in [0.15, 0.2) is 5.13 Å². The molecule has 2 N–H and O–H groups in total. The van der Waals surface area contributed by atoms with E-state index in [0.717, 1.165) is 23.5 Å². The number of hydrogen-bond acceptors (Lipinski definition) is 6. The van der Waals surface area contributed by atoms with Crippen molar-refractivity contribution in [3.8, 4) is 11.3 Å². The van der Waals surface area contributed by atoms with Gasteiger partial charge in [0.1, 0.15) is 17.7 Å². The third-order valence-corrected chi connectivity index (χ3v) is 5.70. The average molecular weight is 503 g/mol. The standard InChI is InChI=1S/C20H15ClF4N4O3S/c1-9(18(31)32)29(2)16-13(21)6-10(7-26-16)17(30)28-19-27-14(8-33-19)11-4-3-5-12(15(11)22)20(23,24)25/h3-9H,1-2H3,(H,31,32)(H,27,28,30). The highest BCUT2D eigenvalue weighted by Crippen LogP contribution is 2.36. The van der Waals surface area contributed by atoms with E-state index < -0.39 is 35.5 Å². The van der Waals surface area contributed by atoms with E-state index in [1.807, 2.05) is 0 Å². The monoisotopic (exact) mass is 502 g/mol. The molecule has 7 nitrogen and oxygen atoms in total. The van der Waals surface area contributed by atoms with Crippen LogP contribution in [0, 0.1) is 5.82 Å². The van der Waals surface area contributed by atoms with Crippen LogP contribution in [0.3, 0.4) is 0 Å². The molecule has 0 spiro atoms. The number of amides is 1. The van der Waals surface area contributed by atoms with Crippen LogP contribution in [0.1, 0.15) is 22.8 Å². The summed E-state index contributed by atoms with van der Waals surface area (Å²) in [5.41, 5.74) is -1.82. The molecule has 0 aliphatic rings. The number of aromatic nitrogens is 2. The zero-order valence-corrected chi connectivity index (χ0v) is 18.5. The summed E-state index contributed by atoms with van der Waals surface area (Å²) in [6, 6.07) is 3.21. The van der Waals surface area contributed by atoms with E-state index >= 15 is 0 Å². The zero-order valence-electron chi connectivity index (χ0n) is 16.9. The van der Waals surface area contributed by atoms with Crippen LogP contribution in [0.2, 0.25) is 5.02 Å². The highest BCUT2D eigenvalue weighted by Gasteiger charge is 2.35. The van der Waals surface area contributed by atoms with Crippen molar-refractivity contribution in [2.75, 3.05) is 17.3 Å². The van der Waals surface area contributed by atoms with Crippen molar-refractivity contribution in [2.24, 2.45) is 0 Å². The Balaban J connectivity index is 1.79. The van der Waals surface area contributed by atoms with Crippen LogP contribution < -0.4 is 10.2 Å². The van der Waals surface area contributed by atoms with Crippen LogP contribution in [-0.2, 0) is 11.0 Å². The van der Waals surface area contributed by atoms with Gasteiger partial charge in [-0.1, -0.05) is 17.7 Å². The summed E-state index contributed by atoms with van der Waals surface area (Å²) in [7, 11) is 1.48. The number of pyridine rings is 1. The lowest BCUT2D eigenvalue weighted by molar-refractivity contribution is -0.140. The van der Waals surface area contributed by atoms with Gasteiger partial charge in [-0.25, -0.2) is 19.2 Å². The van der Waals surface area contributed by atoms with Gasteiger partial charge in [0.25, 0.3) is 5.91 Å². The normalized spacial score (nSPS) is 12.3. The van der Waals surface area contributed by atoms with Gasteiger partial charge in [-0.05, 0) is 25.1 Å². The van der Waals surface area contributed by atoms with Gasteiger partial charge < -0.3 is 10.0 Å². The molecule has 0 aliphatic carbocycles. The highest BCUT2D eigenvalue weighted by atomic mass is 35.5. The number of nitrogens with zero attached hydrogens (tertiary/aromatic N) is 3. The lowest BCUT2D eigenvalue weighted by atomic mass is 10.1. The fourth-order valence-electron chi connectivity index (χ4n) is 2.74. The van der Waals surface area contributed by atoms with Gasteiger partial charge in [0, 0.05) is 24.2 Å². The van der Waals surface area contributed by atoms with E-state index in [2.05, 4.69) is 15.3 Å². The second-order valence-electron chi connectivity index (χ2n) is 6.81. The van der Waals surface area contributed by atoms with Crippen molar-refractivity contribution in [2.45, 2.75) is 19.1 Å². The Hall–Kier alpha value is -3.25. The molecule has 174 valence electrons. The third-order valence-electron chi connectivity index (χ3n) is 4.66. The van der Waals surface area contributed by atoms with Crippen molar-refractivity contribution in [1.82, 2.24) is 9.97 Å². The number of benzene rings is 1. The predicted molar refractivity (Wildman–Crippen MR) is 115 cm³/mol. The molecule has 1 aromatic carbocycles. The van der Waals surface area contributed by atoms with Crippen molar-refractivity contribution >= 4 is 45.8 Å². The highest BCUT2D eigenvalue weighted by molar-refractivity contribution is 7.14. The lowest BCUT2D eigenvalue weighted by Gasteiger charge is -2.23. The Kier molecular flexibility index (Phi) is 6.89. The molecule has 0 saturated heterocycles. The molecule has 0 saturated carbocycles. The van der Waals surface area contributed by atoms with E-state index in [1.165, 1.54) is 36.5 Å². The Morgan fingerprint density at radius 1 is 1.30 bits per heavy atom. The maximum atomic E-state index is 14.3. The molecule has 1 amide bonds. The number of carboxylic acids is 1. The molecule has 3 rings (SSSR count). The van der Waals surface area contributed by atoms with Crippen molar-refractivity contribution in [3.05, 3.63) is 57.8 Å². The number of hydrogen-bond donors (Lipinski definition) is 2. The number of nitrogens with one attached hydrogen (secondary N) is 1. The minimum Gasteiger partial charge on any atom is -0.480 e. The van der Waals surface area contributed by atoms with Gasteiger partial charge in [-0.2, -0.15) is 13.2 Å². The largest absolute Gasteiger partial charge is 0.480 e. The summed E-state index contributed by atoms with van der Waals surface area (Å²) in [4.78, 5) is 33.0. The molecule has 2 aromatic heterocycles.